The second-order valence-electron chi connectivity index (χ2n) is 6.04. The minimum absolute atomic E-state index is 0.0665. The van der Waals surface area contributed by atoms with E-state index in [2.05, 4.69) is 5.32 Å². The number of rotatable bonds is 4. The Morgan fingerprint density at radius 3 is 2.40 bits per heavy atom. The first kappa shape index (κ1) is 18.0. The molecule has 1 amide bonds. The third-order valence-corrected chi connectivity index (χ3v) is 6.49. The van der Waals surface area contributed by atoms with E-state index in [1.54, 1.807) is 19.2 Å². The predicted molar refractivity (Wildman–Crippen MR) is 91.3 cm³/mol. The number of carbonyl (C=O) groups is 1. The lowest BCUT2D eigenvalue weighted by molar-refractivity contribution is -0.125. The number of ether oxygens (including phenoxy) is 2. The monoisotopic (exact) mass is 369 g/mol. The molecule has 0 saturated carbocycles. The van der Waals surface area contributed by atoms with Crippen LogP contribution in [0.4, 0.5) is 0 Å². The Hall–Kier alpha value is -1.84. The molecule has 0 aromatic heterocycles. The Bertz CT molecular complexity index is 744. The third-order valence-electron chi connectivity index (χ3n) is 4.60. The Labute approximate surface area is 147 Å². The summed E-state index contributed by atoms with van der Waals surface area (Å²) >= 11 is 0. The smallest absolute Gasteiger partial charge is 0.243 e. The first-order valence-corrected chi connectivity index (χ1v) is 9.73. The van der Waals surface area contributed by atoms with Gasteiger partial charge in [-0.15, -0.1) is 0 Å². The number of amides is 1. The number of piperazine rings is 1. The van der Waals surface area contributed by atoms with Crippen LogP contribution in [0.2, 0.25) is 0 Å². The van der Waals surface area contributed by atoms with Crippen LogP contribution in [-0.2, 0) is 14.8 Å². The van der Waals surface area contributed by atoms with Crippen molar-refractivity contribution < 1.29 is 22.7 Å². The number of carbonyl (C=O) groups excluding carboxylic acids is 1. The molecule has 1 fully saturated rings. The fourth-order valence-electron chi connectivity index (χ4n) is 3.04. The van der Waals surface area contributed by atoms with Gasteiger partial charge in [-0.05, 0) is 19.1 Å². The van der Waals surface area contributed by atoms with Crippen molar-refractivity contribution in [2.45, 2.75) is 17.9 Å². The predicted octanol–water partition coefficient (Wildman–Crippen LogP) is -0.101. The standard InChI is InChI=1S/C16H23N3O5S/c1-12(16(20)17-2)18-5-7-19(8-6-18)25(21,22)13-3-4-14-15(11-13)24-10-9-23-14/h3-4,11-12H,5-10H2,1-2H3,(H,17,20)/t12-/m0/s1. The molecular weight excluding hydrogens is 346 g/mol. The summed E-state index contributed by atoms with van der Waals surface area (Å²) in [6, 6.07) is 4.42. The number of nitrogens with one attached hydrogen (secondary N) is 1. The summed E-state index contributed by atoms with van der Waals surface area (Å²) < 4.78 is 38.1. The molecule has 3 rings (SSSR count). The van der Waals surface area contributed by atoms with Crippen molar-refractivity contribution in [3.8, 4) is 11.5 Å². The van der Waals surface area contributed by atoms with E-state index in [0.717, 1.165) is 0 Å². The molecule has 9 heteroatoms. The maximum Gasteiger partial charge on any atom is 0.243 e. The van der Waals surface area contributed by atoms with Gasteiger partial charge >= 0.3 is 0 Å². The van der Waals surface area contributed by atoms with Gasteiger partial charge in [-0.3, -0.25) is 9.69 Å². The molecule has 25 heavy (non-hydrogen) atoms. The molecule has 0 radical (unpaired) electrons. The van der Waals surface area contributed by atoms with E-state index < -0.39 is 10.0 Å². The molecule has 0 spiro atoms. The molecule has 0 bridgehead atoms. The van der Waals surface area contributed by atoms with E-state index in [1.807, 2.05) is 11.8 Å². The zero-order valence-corrected chi connectivity index (χ0v) is 15.2. The van der Waals surface area contributed by atoms with E-state index in [9.17, 15) is 13.2 Å². The van der Waals surface area contributed by atoms with Gasteiger partial charge in [0.1, 0.15) is 13.2 Å². The Morgan fingerprint density at radius 1 is 1.12 bits per heavy atom. The minimum Gasteiger partial charge on any atom is -0.486 e. The molecule has 2 aliphatic heterocycles. The van der Waals surface area contributed by atoms with Crippen molar-refractivity contribution in [1.82, 2.24) is 14.5 Å². The van der Waals surface area contributed by atoms with Gasteiger partial charge in [0.15, 0.2) is 11.5 Å². The highest BCUT2D eigenvalue weighted by atomic mass is 32.2. The topological polar surface area (TPSA) is 88.2 Å². The van der Waals surface area contributed by atoms with Gasteiger partial charge in [0.05, 0.1) is 10.9 Å². The van der Waals surface area contributed by atoms with Crippen molar-refractivity contribution in [2.24, 2.45) is 0 Å². The van der Waals surface area contributed by atoms with Gasteiger partial charge in [0.2, 0.25) is 15.9 Å². The lowest BCUT2D eigenvalue weighted by Crippen LogP contribution is -2.54. The molecule has 2 heterocycles. The maximum absolute atomic E-state index is 12.9. The van der Waals surface area contributed by atoms with E-state index in [1.165, 1.54) is 10.4 Å². The molecule has 2 aliphatic rings. The summed E-state index contributed by atoms with van der Waals surface area (Å²) in [7, 11) is -2.00. The van der Waals surface area contributed by atoms with Crippen LogP contribution in [0, 0.1) is 0 Å². The molecule has 0 aliphatic carbocycles. The number of sulfonamides is 1. The molecule has 1 saturated heterocycles. The van der Waals surface area contributed by atoms with E-state index >= 15 is 0 Å². The first-order chi connectivity index (χ1) is 11.9. The molecule has 8 nitrogen and oxygen atoms in total. The minimum atomic E-state index is -3.60. The van der Waals surface area contributed by atoms with Crippen molar-refractivity contribution in [3.05, 3.63) is 18.2 Å². The summed E-state index contributed by atoms with van der Waals surface area (Å²) in [6.45, 7) is 4.41. The SMILES string of the molecule is CNC(=O)[C@H](C)N1CCN(S(=O)(=O)c2ccc3c(c2)OCCO3)CC1. The molecule has 0 unspecified atom stereocenters. The Kier molecular flexibility index (Phi) is 5.16. The average Bonchev–Trinajstić information content (AvgIpc) is 2.66. The fraction of sp³-hybridized carbons (Fsp3) is 0.562. The molecule has 1 aromatic rings. The summed E-state index contributed by atoms with van der Waals surface area (Å²) in [5, 5.41) is 2.62. The molecule has 1 atom stereocenters. The Morgan fingerprint density at radius 2 is 1.76 bits per heavy atom. The third kappa shape index (κ3) is 3.58. The number of hydrogen-bond acceptors (Lipinski definition) is 6. The number of benzene rings is 1. The number of fused-ring (bicyclic) bond motifs is 1. The zero-order chi connectivity index (χ0) is 18.0. The molecular formula is C16H23N3O5S. The summed E-state index contributed by atoms with van der Waals surface area (Å²) in [6.07, 6.45) is 0. The second kappa shape index (κ2) is 7.19. The van der Waals surface area contributed by atoms with Crippen LogP contribution >= 0.6 is 0 Å². The average molecular weight is 369 g/mol. The molecule has 138 valence electrons. The van der Waals surface area contributed by atoms with Crippen LogP contribution in [-0.4, -0.2) is 76.0 Å². The second-order valence-corrected chi connectivity index (χ2v) is 7.97. The molecule has 1 N–H and O–H groups in total. The Balaban J connectivity index is 1.71. The van der Waals surface area contributed by atoms with Crippen LogP contribution in [0.5, 0.6) is 11.5 Å². The summed E-state index contributed by atoms with van der Waals surface area (Å²) in [5.41, 5.74) is 0. The summed E-state index contributed by atoms with van der Waals surface area (Å²) in [5.74, 6) is 0.955. The van der Waals surface area contributed by atoms with E-state index in [0.29, 0.717) is 50.9 Å². The highest BCUT2D eigenvalue weighted by Crippen LogP contribution is 2.33. The summed E-state index contributed by atoms with van der Waals surface area (Å²) in [4.78, 5) is 13.9. The van der Waals surface area contributed by atoms with Gasteiger partial charge < -0.3 is 14.8 Å². The van der Waals surface area contributed by atoms with E-state index in [4.69, 9.17) is 9.47 Å². The van der Waals surface area contributed by atoms with Gasteiger partial charge in [0.25, 0.3) is 0 Å². The van der Waals surface area contributed by atoms with Crippen LogP contribution in [0.3, 0.4) is 0 Å². The quantitative estimate of drug-likeness (QED) is 0.797. The lowest BCUT2D eigenvalue weighted by Gasteiger charge is -2.36. The highest BCUT2D eigenvalue weighted by molar-refractivity contribution is 7.89. The lowest BCUT2D eigenvalue weighted by atomic mass is 10.2. The van der Waals surface area contributed by atoms with Crippen LogP contribution in [0.25, 0.3) is 0 Å². The normalized spacial score (nSPS) is 20.1. The van der Waals surface area contributed by atoms with Crippen molar-refractivity contribution in [1.29, 1.82) is 0 Å². The van der Waals surface area contributed by atoms with Crippen molar-refractivity contribution in [3.63, 3.8) is 0 Å². The van der Waals surface area contributed by atoms with Crippen LogP contribution in [0.1, 0.15) is 6.92 Å². The van der Waals surface area contributed by atoms with Gasteiger partial charge in [-0.1, -0.05) is 0 Å². The van der Waals surface area contributed by atoms with Gasteiger partial charge in [0, 0.05) is 39.3 Å². The van der Waals surface area contributed by atoms with Crippen molar-refractivity contribution in [2.75, 3.05) is 46.4 Å². The largest absolute Gasteiger partial charge is 0.486 e. The number of hydrogen-bond donors (Lipinski definition) is 1. The number of nitrogens with zero attached hydrogens (tertiary/aromatic N) is 2. The zero-order valence-electron chi connectivity index (χ0n) is 14.4. The fourth-order valence-corrected chi connectivity index (χ4v) is 4.48. The highest BCUT2D eigenvalue weighted by Gasteiger charge is 2.32. The van der Waals surface area contributed by atoms with Crippen molar-refractivity contribution >= 4 is 15.9 Å². The van der Waals surface area contributed by atoms with Gasteiger partial charge in [-0.2, -0.15) is 4.31 Å². The molecule has 1 aromatic carbocycles. The maximum atomic E-state index is 12.9. The van der Waals surface area contributed by atoms with Crippen LogP contribution < -0.4 is 14.8 Å². The van der Waals surface area contributed by atoms with E-state index in [-0.39, 0.29) is 16.8 Å². The number of likely N-dealkylation sites (N-methyl/N-ethyl adjacent to an activating group) is 1. The van der Waals surface area contributed by atoms with Gasteiger partial charge in [-0.25, -0.2) is 8.42 Å². The first-order valence-electron chi connectivity index (χ1n) is 8.29. The van der Waals surface area contributed by atoms with Crippen LogP contribution in [0.15, 0.2) is 23.1 Å².